The van der Waals surface area contributed by atoms with E-state index < -0.39 is 17.7 Å². The maximum atomic E-state index is 13.8. The van der Waals surface area contributed by atoms with Crippen molar-refractivity contribution >= 4 is 39.4 Å². The van der Waals surface area contributed by atoms with Gasteiger partial charge in [0.15, 0.2) is 0 Å². The largest absolute Gasteiger partial charge is 0.496 e. The topological polar surface area (TPSA) is 41.6 Å². The zero-order valence-electron chi connectivity index (χ0n) is 13.3. The van der Waals surface area contributed by atoms with Crippen LogP contribution in [0.3, 0.4) is 0 Å². The van der Waals surface area contributed by atoms with Gasteiger partial charge in [0.1, 0.15) is 22.8 Å². The van der Waals surface area contributed by atoms with Crippen molar-refractivity contribution in [2.75, 3.05) is 24.7 Å². The molecule has 4 nitrogen and oxygen atoms in total. The molecule has 1 fully saturated rings. The maximum absolute atomic E-state index is 13.8. The third-order valence-electron chi connectivity index (χ3n) is 3.78. The summed E-state index contributed by atoms with van der Waals surface area (Å²) in [6, 6.07) is 8.04. The Balaban J connectivity index is 1.85. The Labute approximate surface area is 156 Å². The summed E-state index contributed by atoms with van der Waals surface area (Å²) in [5, 5.41) is 2.18. The number of halogens is 3. The number of rotatable bonds is 3. The number of amides is 2. The van der Waals surface area contributed by atoms with E-state index in [1.165, 1.54) is 0 Å². The lowest BCUT2D eigenvalue weighted by atomic mass is 10.2. The van der Waals surface area contributed by atoms with Gasteiger partial charge in [-0.1, -0.05) is 15.9 Å². The highest BCUT2D eigenvalue weighted by molar-refractivity contribution is 9.10. The van der Waals surface area contributed by atoms with Crippen molar-refractivity contribution in [3.63, 3.8) is 0 Å². The normalized spacial score (nSPS) is 16.8. The molecular weight excluding hydrogens is 414 g/mol. The van der Waals surface area contributed by atoms with E-state index in [9.17, 15) is 13.6 Å². The van der Waals surface area contributed by atoms with Crippen LogP contribution in [0.4, 0.5) is 19.3 Å². The predicted molar refractivity (Wildman–Crippen MR) is 98.0 cm³/mol. The summed E-state index contributed by atoms with van der Waals surface area (Å²) in [5.41, 5.74) is 0.663. The minimum atomic E-state index is -0.682. The lowest BCUT2D eigenvalue weighted by Crippen LogP contribution is -2.34. The minimum Gasteiger partial charge on any atom is -0.496 e. The van der Waals surface area contributed by atoms with Gasteiger partial charge in [-0.05, 0) is 30.3 Å². The number of hydrogen-bond donors (Lipinski definition) is 1. The fraction of sp³-hybridized carbons (Fsp3) is 0.235. The monoisotopic (exact) mass is 428 g/mol. The number of benzene rings is 2. The number of urea groups is 1. The summed E-state index contributed by atoms with van der Waals surface area (Å²) < 4.78 is 33.3. The molecular formula is C17H15BrF2N2O2S. The molecule has 2 amide bonds. The van der Waals surface area contributed by atoms with Crippen molar-refractivity contribution in [2.45, 2.75) is 5.37 Å². The first-order valence-corrected chi connectivity index (χ1v) is 9.31. The van der Waals surface area contributed by atoms with Crippen LogP contribution in [0.2, 0.25) is 0 Å². The molecule has 0 spiro atoms. The molecule has 2 aromatic carbocycles. The van der Waals surface area contributed by atoms with Gasteiger partial charge in [0.05, 0.1) is 12.8 Å². The van der Waals surface area contributed by atoms with E-state index in [1.807, 2.05) is 18.2 Å². The second-order valence-corrected chi connectivity index (χ2v) is 7.46. The molecule has 3 rings (SSSR count). The first-order chi connectivity index (χ1) is 12.0. The second-order valence-electron chi connectivity index (χ2n) is 5.36. The molecule has 1 N–H and O–H groups in total. The van der Waals surface area contributed by atoms with E-state index in [-0.39, 0.29) is 11.1 Å². The summed E-state index contributed by atoms with van der Waals surface area (Å²) >= 11 is 5.01. The molecule has 1 heterocycles. The smallest absolute Gasteiger partial charge is 0.323 e. The van der Waals surface area contributed by atoms with E-state index in [1.54, 1.807) is 23.8 Å². The van der Waals surface area contributed by atoms with Crippen LogP contribution in [-0.2, 0) is 0 Å². The Morgan fingerprint density at radius 2 is 2.12 bits per heavy atom. The summed E-state index contributed by atoms with van der Waals surface area (Å²) in [5.74, 6) is 0.104. The van der Waals surface area contributed by atoms with Crippen LogP contribution in [0, 0.1) is 11.6 Å². The van der Waals surface area contributed by atoms with Crippen LogP contribution in [0.1, 0.15) is 10.9 Å². The van der Waals surface area contributed by atoms with Gasteiger partial charge < -0.3 is 15.0 Å². The van der Waals surface area contributed by atoms with Gasteiger partial charge in [0, 0.05) is 28.4 Å². The highest BCUT2D eigenvalue weighted by Crippen LogP contribution is 2.43. The molecule has 0 saturated carbocycles. The van der Waals surface area contributed by atoms with Crippen LogP contribution < -0.4 is 10.1 Å². The summed E-state index contributed by atoms with van der Waals surface area (Å²) in [6.45, 7) is 0.494. The molecule has 1 aliphatic rings. The molecule has 1 unspecified atom stereocenters. The second kappa shape index (κ2) is 7.61. The fourth-order valence-electron chi connectivity index (χ4n) is 2.61. The molecule has 1 aliphatic heterocycles. The van der Waals surface area contributed by atoms with Crippen molar-refractivity contribution in [3.05, 3.63) is 58.1 Å². The Kier molecular flexibility index (Phi) is 5.48. The molecule has 8 heteroatoms. The highest BCUT2D eigenvalue weighted by Gasteiger charge is 2.33. The van der Waals surface area contributed by atoms with Gasteiger partial charge >= 0.3 is 6.03 Å². The number of hydrogen-bond acceptors (Lipinski definition) is 3. The zero-order chi connectivity index (χ0) is 18.0. The average molecular weight is 429 g/mol. The maximum Gasteiger partial charge on any atom is 0.323 e. The standard InChI is InChI=1S/C17H15BrF2N2O2S/c1-24-15-5-2-10(18)8-12(15)16-22(6-7-25-16)17(23)21-14-9-11(19)3-4-13(14)20/h2-5,8-9,16H,6-7H2,1H3,(H,21,23). The summed E-state index contributed by atoms with van der Waals surface area (Å²) in [4.78, 5) is 14.2. The van der Waals surface area contributed by atoms with Crippen LogP contribution >= 0.6 is 27.7 Å². The van der Waals surface area contributed by atoms with Crippen molar-refractivity contribution in [2.24, 2.45) is 0 Å². The van der Waals surface area contributed by atoms with Crippen molar-refractivity contribution in [1.29, 1.82) is 0 Å². The summed E-state index contributed by atoms with van der Waals surface area (Å²) in [6.07, 6.45) is 0. The van der Waals surface area contributed by atoms with Crippen LogP contribution in [0.5, 0.6) is 5.75 Å². The SMILES string of the molecule is COc1ccc(Br)cc1C1SCCN1C(=O)Nc1cc(F)ccc1F. The molecule has 0 bridgehead atoms. The fourth-order valence-corrected chi connectivity index (χ4v) is 4.26. The van der Waals surface area contributed by atoms with E-state index in [0.29, 0.717) is 12.3 Å². The summed E-state index contributed by atoms with van der Waals surface area (Å²) in [7, 11) is 1.57. The molecule has 2 aromatic rings. The van der Waals surface area contributed by atoms with Gasteiger partial charge in [-0.15, -0.1) is 11.8 Å². The van der Waals surface area contributed by atoms with E-state index in [2.05, 4.69) is 21.2 Å². The van der Waals surface area contributed by atoms with Gasteiger partial charge in [-0.25, -0.2) is 13.6 Å². The molecule has 1 saturated heterocycles. The average Bonchev–Trinajstić information content (AvgIpc) is 3.07. The van der Waals surface area contributed by atoms with Crippen molar-refractivity contribution < 1.29 is 18.3 Å². The number of nitrogens with zero attached hydrogens (tertiary/aromatic N) is 1. The number of carbonyl (C=O) groups excluding carboxylic acids is 1. The van der Waals surface area contributed by atoms with Gasteiger partial charge in [0.25, 0.3) is 0 Å². The molecule has 132 valence electrons. The molecule has 0 radical (unpaired) electrons. The van der Waals surface area contributed by atoms with Crippen LogP contribution in [0.25, 0.3) is 0 Å². The number of carbonyl (C=O) groups is 1. The quantitative estimate of drug-likeness (QED) is 0.746. The van der Waals surface area contributed by atoms with E-state index in [4.69, 9.17) is 4.74 Å². The lowest BCUT2D eigenvalue weighted by Gasteiger charge is -2.26. The third kappa shape index (κ3) is 3.90. The lowest BCUT2D eigenvalue weighted by molar-refractivity contribution is 0.213. The van der Waals surface area contributed by atoms with Crippen molar-refractivity contribution in [1.82, 2.24) is 4.90 Å². The van der Waals surface area contributed by atoms with Gasteiger partial charge in [0.2, 0.25) is 0 Å². The molecule has 25 heavy (non-hydrogen) atoms. The molecule has 1 atom stereocenters. The Bertz CT molecular complexity index is 806. The van der Waals surface area contributed by atoms with Crippen LogP contribution in [-0.4, -0.2) is 30.3 Å². The number of ether oxygens (including phenoxy) is 1. The minimum absolute atomic E-state index is 0.179. The first kappa shape index (κ1) is 18.0. The molecule has 0 aliphatic carbocycles. The molecule has 0 aromatic heterocycles. The highest BCUT2D eigenvalue weighted by atomic mass is 79.9. The van der Waals surface area contributed by atoms with E-state index >= 15 is 0 Å². The number of anilines is 1. The number of thioether (sulfide) groups is 1. The Morgan fingerprint density at radius 3 is 2.88 bits per heavy atom. The first-order valence-electron chi connectivity index (χ1n) is 7.47. The van der Waals surface area contributed by atoms with Crippen molar-refractivity contribution in [3.8, 4) is 5.75 Å². The van der Waals surface area contributed by atoms with Gasteiger partial charge in [-0.2, -0.15) is 0 Å². The van der Waals surface area contributed by atoms with Gasteiger partial charge in [-0.3, -0.25) is 0 Å². The number of methoxy groups -OCH3 is 1. The Morgan fingerprint density at radius 1 is 1.32 bits per heavy atom. The van der Waals surface area contributed by atoms with E-state index in [0.717, 1.165) is 34.0 Å². The number of nitrogens with one attached hydrogen (secondary N) is 1. The third-order valence-corrected chi connectivity index (χ3v) is 5.52. The van der Waals surface area contributed by atoms with Crippen LogP contribution in [0.15, 0.2) is 40.9 Å². The Hall–Kier alpha value is -1.80. The zero-order valence-corrected chi connectivity index (χ0v) is 15.7. The predicted octanol–water partition coefficient (Wildman–Crippen LogP) is 5.02.